The number of imide groups is 1. The molecule has 0 unspecified atom stereocenters. The average molecular weight is 482 g/mol. The summed E-state index contributed by atoms with van der Waals surface area (Å²) in [6.07, 6.45) is 3.61. The number of amides is 3. The lowest BCUT2D eigenvalue weighted by Crippen LogP contribution is -2.30. The Bertz CT molecular complexity index is 1220. The molecule has 9 heteroatoms. The summed E-state index contributed by atoms with van der Waals surface area (Å²) in [5, 5.41) is 2.86. The van der Waals surface area contributed by atoms with Gasteiger partial charge in [0.05, 0.1) is 46.3 Å². The maximum atomic E-state index is 12.9. The summed E-state index contributed by atoms with van der Waals surface area (Å²) in [4.78, 5) is 44.2. The molecule has 3 aromatic rings. The molecule has 2 atom stereocenters. The summed E-state index contributed by atoms with van der Waals surface area (Å²) in [5.74, 6) is 0.173. The zero-order chi connectivity index (χ0) is 22.9. The van der Waals surface area contributed by atoms with Crippen molar-refractivity contribution in [1.29, 1.82) is 0 Å². The van der Waals surface area contributed by atoms with E-state index < -0.39 is 0 Å². The average Bonchev–Trinajstić information content (AvgIpc) is 3.36. The number of carbonyl (C=O) groups excluding carboxylic acids is 3. The van der Waals surface area contributed by atoms with Gasteiger partial charge in [-0.1, -0.05) is 36.7 Å². The predicted octanol–water partition coefficient (Wildman–Crippen LogP) is 4.72. The molecule has 170 valence electrons. The second-order valence-electron chi connectivity index (χ2n) is 8.18. The van der Waals surface area contributed by atoms with E-state index in [9.17, 15) is 14.4 Å². The minimum absolute atomic E-state index is 0.0730. The van der Waals surface area contributed by atoms with Crippen LogP contribution in [0.3, 0.4) is 0 Å². The fourth-order valence-corrected chi connectivity index (χ4v) is 6.47. The van der Waals surface area contributed by atoms with E-state index in [1.807, 2.05) is 24.3 Å². The third-order valence-electron chi connectivity index (χ3n) is 6.16. The molecule has 7 nitrogen and oxygen atoms in total. The number of anilines is 2. The van der Waals surface area contributed by atoms with Crippen LogP contribution in [0.2, 0.25) is 0 Å². The van der Waals surface area contributed by atoms with Gasteiger partial charge in [-0.3, -0.25) is 19.3 Å². The molecule has 1 saturated heterocycles. The maximum Gasteiger partial charge on any atom is 0.237 e. The van der Waals surface area contributed by atoms with E-state index in [-0.39, 0.29) is 35.3 Å². The number of nitrogens with one attached hydrogen (secondary N) is 1. The van der Waals surface area contributed by atoms with E-state index in [4.69, 9.17) is 4.74 Å². The van der Waals surface area contributed by atoms with Crippen LogP contribution in [0.4, 0.5) is 11.4 Å². The third kappa shape index (κ3) is 4.22. The van der Waals surface area contributed by atoms with E-state index >= 15 is 0 Å². The number of fused-ring (bicyclic) bond motifs is 2. The lowest BCUT2D eigenvalue weighted by Gasteiger charge is -2.19. The van der Waals surface area contributed by atoms with Crippen molar-refractivity contribution >= 4 is 62.4 Å². The molecule has 2 aliphatic rings. The fraction of sp³-hybridized carbons (Fsp3) is 0.333. The summed E-state index contributed by atoms with van der Waals surface area (Å²) < 4.78 is 6.90. The number of hydrogen-bond donors (Lipinski definition) is 1. The third-order valence-corrected chi connectivity index (χ3v) is 8.32. The monoisotopic (exact) mass is 481 g/mol. The largest absolute Gasteiger partial charge is 0.495 e. The number of para-hydroxylation sites is 2. The van der Waals surface area contributed by atoms with Crippen LogP contribution < -0.4 is 15.0 Å². The standard InChI is InChI=1S/C24H23N3O4S2/c1-31-19-9-5-4-8-17(19)25-21(28)13-32-24-26-18-11-10-14(12-20(18)33-24)27-22(29)15-6-2-3-7-16(15)23(27)30/h4-5,8-12,15-16H,2-3,6-7,13H2,1H3,(H,25,28)/t15-,16-/m1/s1. The SMILES string of the molecule is COc1ccccc1NC(=O)CSc1nc2ccc(N3C(=O)[C@@H]4CCCC[C@H]4C3=O)cc2s1. The summed E-state index contributed by atoms with van der Waals surface area (Å²) in [6.45, 7) is 0. The van der Waals surface area contributed by atoms with Crippen molar-refractivity contribution in [2.75, 3.05) is 23.1 Å². The van der Waals surface area contributed by atoms with Crippen LogP contribution in [0.1, 0.15) is 25.7 Å². The molecule has 0 spiro atoms. The van der Waals surface area contributed by atoms with Crippen molar-refractivity contribution in [3.05, 3.63) is 42.5 Å². The highest BCUT2D eigenvalue weighted by Crippen LogP contribution is 2.41. The number of thioether (sulfide) groups is 1. The second-order valence-corrected chi connectivity index (χ2v) is 10.4. The van der Waals surface area contributed by atoms with Crippen LogP contribution in [0.15, 0.2) is 46.8 Å². The topological polar surface area (TPSA) is 88.6 Å². The molecule has 2 aromatic carbocycles. The molecule has 1 saturated carbocycles. The number of carbonyl (C=O) groups is 3. The van der Waals surface area contributed by atoms with Crippen molar-refractivity contribution in [2.45, 2.75) is 30.0 Å². The van der Waals surface area contributed by atoms with Gasteiger partial charge in [-0.05, 0) is 43.2 Å². The van der Waals surface area contributed by atoms with E-state index in [0.717, 1.165) is 40.2 Å². The minimum Gasteiger partial charge on any atom is -0.495 e. The predicted molar refractivity (Wildman–Crippen MR) is 130 cm³/mol. The molecular weight excluding hydrogens is 458 g/mol. The van der Waals surface area contributed by atoms with Crippen LogP contribution in [-0.2, 0) is 14.4 Å². The molecule has 33 heavy (non-hydrogen) atoms. The van der Waals surface area contributed by atoms with Gasteiger partial charge in [-0.25, -0.2) is 4.98 Å². The van der Waals surface area contributed by atoms with Crippen molar-refractivity contribution in [2.24, 2.45) is 11.8 Å². The van der Waals surface area contributed by atoms with Gasteiger partial charge in [0.15, 0.2) is 4.34 Å². The number of nitrogens with zero attached hydrogens (tertiary/aromatic N) is 2. The Balaban J connectivity index is 1.28. The lowest BCUT2D eigenvalue weighted by molar-refractivity contribution is -0.122. The van der Waals surface area contributed by atoms with Crippen molar-refractivity contribution in [3.8, 4) is 5.75 Å². The Hall–Kier alpha value is -2.91. The van der Waals surface area contributed by atoms with Gasteiger partial charge in [0, 0.05) is 0 Å². The molecule has 5 rings (SSSR count). The summed E-state index contributed by atoms with van der Waals surface area (Å²) in [7, 11) is 1.56. The Kier molecular flexibility index (Phi) is 6.07. The molecule has 3 amide bonds. The van der Waals surface area contributed by atoms with Gasteiger partial charge in [-0.15, -0.1) is 11.3 Å². The number of rotatable bonds is 6. The number of ether oxygens (including phenoxy) is 1. The first kappa shape index (κ1) is 21.9. The Morgan fingerprint density at radius 3 is 2.61 bits per heavy atom. The van der Waals surface area contributed by atoms with Crippen LogP contribution in [-0.4, -0.2) is 35.6 Å². The molecule has 1 aromatic heterocycles. The quantitative estimate of drug-likeness (QED) is 0.405. The number of aromatic nitrogens is 1. The van der Waals surface area contributed by atoms with Crippen molar-refractivity contribution in [1.82, 2.24) is 4.98 Å². The molecule has 0 radical (unpaired) electrons. The van der Waals surface area contributed by atoms with E-state index in [1.165, 1.54) is 28.0 Å². The highest BCUT2D eigenvalue weighted by molar-refractivity contribution is 8.01. The van der Waals surface area contributed by atoms with Gasteiger partial charge >= 0.3 is 0 Å². The summed E-state index contributed by atoms with van der Waals surface area (Å²) >= 11 is 2.80. The summed E-state index contributed by atoms with van der Waals surface area (Å²) in [5.41, 5.74) is 2.02. The van der Waals surface area contributed by atoms with E-state index in [0.29, 0.717) is 17.1 Å². The molecule has 1 N–H and O–H groups in total. The lowest BCUT2D eigenvalue weighted by atomic mass is 9.81. The van der Waals surface area contributed by atoms with Crippen LogP contribution >= 0.6 is 23.1 Å². The first-order valence-electron chi connectivity index (χ1n) is 10.9. The highest BCUT2D eigenvalue weighted by atomic mass is 32.2. The number of methoxy groups -OCH3 is 1. The highest BCUT2D eigenvalue weighted by Gasteiger charge is 2.48. The van der Waals surface area contributed by atoms with Gasteiger partial charge in [0.25, 0.3) is 0 Å². The smallest absolute Gasteiger partial charge is 0.237 e. The van der Waals surface area contributed by atoms with Crippen molar-refractivity contribution in [3.63, 3.8) is 0 Å². The molecule has 2 fully saturated rings. The van der Waals surface area contributed by atoms with Gasteiger partial charge in [-0.2, -0.15) is 0 Å². The van der Waals surface area contributed by atoms with Gasteiger partial charge in [0.2, 0.25) is 17.7 Å². The number of thiazole rings is 1. The zero-order valence-corrected chi connectivity index (χ0v) is 19.7. The van der Waals surface area contributed by atoms with Gasteiger partial charge in [0.1, 0.15) is 5.75 Å². The molecule has 0 bridgehead atoms. The Morgan fingerprint density at radius 1 is 1.15 bits per heavy atom. The van der Waals surface area contributed by atoms with E-state index in [1.54, 1.807) is 25.3 Å². The number of hydrogen-bond acceptors (Lipinski definition) is 7. The first-order valence-corrected chi connectivity index (χ1v) is 12.7. The molecular formula is C24H23N3O4S2. The van der Waals surface area contributed by atoms with Gasteiger partial charge < -0.3 is 10.1 Å². The van der Waals surface area contributed by atoms with Crippen LogP contribution in [0.25, 0.3) is 10.2 Å². The Labute approximate surface area is 199 Å². The summed E-state index contributed by atoms with van der Waals surface area (Å²) in [6, 6.07) is 12.7. The van der Waals surface area contributed by atoms with Crippen LogP contribution in [0.5, 0.6) is 5.75 Å². The number of benzene rings is 2. The molecule has 1 aliphatic carbocycles. The maximum absolute atomic E-state index is 12.9. The normalized spacial score (nSPS) is 20.2. The molecule has 1 aliphatic heterocycles. The zero-order valence-electron chi connectivity index (χ0n) is 18.1. The Morgan fingerprint density at radius 2 is 1.88 bits per heavy atom. The second kappa shape index (κ2) is 9.15. The first-order chi connectivity index (χ1) is 16.0. The van der Waals surface area contributed by atoms with Crippen LogP contribution in [0, 0.1) is 11.8 Å². The minimum atomic E-state index is -0.170. The van der Waals surface area contributed by atoms with E-state index in [2.05, 4.69) is 10.3 Å². The fourth-order valence-electron chi connectivity index (χ4n) is 4.57. The molecule has 2 heterocycles. The van der Waals surface area contributed by atoms with Crippen molar-refractivity contribution < 1.29 is 19.1 Å².